The Kier molecular flexibility index (Phi) is 2.88. The molecule has 1 aromatic heterocycles. The molecule has 2 aromatic carbocycles. The fourth-order valence-electron chi connectivity index (χ4n) is 3.40. The summed E-state index contributed by atoms with van der Waals surface area (Å²) in [6, 6.07) is 19.5. The van der Waals surface area contributed by atoms with Gasteiger partial charge in [-0.15, -0.1) is 0 Å². The van der Waals surface area contributed by atoms with E-state index in [0.29, 0.717) is 12.0 Å². The minimum atomic E-state index is 0.327. The predicted molar refractivity (Wildman–Crippen MR) is 87.6 cm³/mol. The van der Waals surface area contributed by atoms with Gasteiger partial charge in [-0.05, 0) is 30.0 Å². The average molecular weight is 274 g/mol. The molecular formula is C19H18N2. The Balaban J connectivity index is 1.81. The van der Waals surface area contributed by atoms with E-state index in [1.807, 2.05) is 12.3 Å². The number of nitrogens with zero attached hydrogens (tertiary/aromatic N) is 1. The van der Waals surface area contributed by atoms with Crippen LogP contribution in [-0.4, -0.2) is 4.98 Å². The van der Waals surface area contributed by atoms with Crippen LogP contribution in [0.25, 0.3) is 10.9 Å². The van der Waals surface area contributed by atoms with Gasteiger partial charge in [0.2, 0.25) is 0 Å². The van der Waals surface area contributed by atoms with E-state index in [1.165, 1.54) is 22.2 Å². The molecule has 104 valence electrons. The zero-order valence-corrected chi connectivity index (χ0v) is 12.1. The van der Waals surface area contributed by atoms with Crippen LogP contribution in [0.2, 0.25) is 0 Å². The van der Waals surface area contributed by atoms with Gasteiger partial charge in [-0.3, -0.25) is 4.98 Å². The Morgan fingerprint density at radius 1 is 0.952 bits per heavy atom. The molecule has 0 bridgehead atoms. The van der Waals surface area contributed by atoms with Gasteiger partial charge in [0.25, 0.3) is 0 Å². The Morgan fingerprint density at radius 3 is 2.71 bits per heavy atom. The van der Waals surface area contributed by atoms with E-state index in [9.17, 15) is 0 Å². The molecule has 2 atom stereocenters. The van der Waals surface area contributed by atoms with Crippen LogP contribution < -0.4 is 5.32 Å². The molecule has 2 heteroatoms. The largest absolute Gasteiger partial charge is 0.378 e. The fraction of sp³-hybridized carbons (Fsp3) is 0.211. The Labute approximate surface area is 124 Å². The standard InChI is InChI=1S/C19H18N2/c1-13-12-18(21-17-10-3-2-8-15(13)17)16-9-4-6-14-7-5-11-20-19(14)16/h2-11,13,18,21H,12H2,1H3. The normalized spacial score (nSPS) is 20.8. The molecule has 0 fully saturated rings. The molecule has 0 amide bonds. The summed E-state index contributed by atoms with van der Waals surface area (Å²) >= 11 is 0. The number of pyridine rings is 1. The van der Waals surface area contributed by atoms with E-state index in [4.69, 9.17) is 0 Å². The highest BCUT2D eigenvalue weighted by Crippen LogP contribution is 2.40. The molecule has 0 saturated carbocycles. The van der Waals surface area contributed by atoms with Gasteiger partial charge in [0.15, 0.2) is 0 Å². The van der Waals surface area contributed by atoms with Gasteiger partial charge in [-0.2, -0.15) is 0 Å². The first-order valence-electron chi connectivity index (χ1n) is 7.52. The molecule has 0 saturated heterocycles. The maximum atomic E-state index is 4.60. The zero-order valence-electron chi connectivity index (χ0n) is 12.1. The van der Waals surface area contributed by atoms with Gasteiger partial charge in [-0.25, -0.2) is 0 Å². The third-order valence-electron chi connectivity index (χ3n) is 4.45. The average Bonchev–Trinajstić information content (AvgIpc) is 2.54. The van der Waals surface area contributed by atoms with Crippen LogP contribution in [0, 0.1) is 0 Å². The summed E-state index contributed by atoms with van der Waals surface area (Å²) in [5, 5.41) is 4.91. The molecule has 1 aliphatic heterocycles. The summed E-state index contributed by atoms with van der Waals surface area (Å²) in [6.45, 7) is 2.31. The number of benzene rings is 2. The van der Waals surface area contributed by atoms with E-state index in [0.717, 1.165) is 11.9 Å². The van der Waals surface area contributed by atoms with Crippen molar-refractivity contribution in [1.82, 2.24) is 4.98 Å². The van der Waals surface area contributed by atoms with Crippen LogP contribution in [0.3, 0.4) is 0 Å². The number of nitrogens with one attached hydrogen (secondary N) is 1. The molecule has 2 unspecified atom stereocenters. The summed E-state index contributed by atoms with van der Waals surface area (Å²) < 4.78 is 0. The van der Waals surface area contributed by atoms with Crippen molar-refractivity contribution in [2.24, 2.45) is 0 Å². The monoisotopic (exact) mass is 274 g/mol. The van der Waals surface area contributed by atoms with Gasteiger partial charge < -0.3 is 5.32 Å². The summed E-state index contributed by atoms with van der Waals surface area (Å²) in [6.07, 6.45) is 2.98. The van der Waals surface area contributed by atoms with Gasteiger partial charge in [0, 0.05) is 22.8 Å². The Bertz CT molecular complexity index is 789. The number of anilines is 1. The van der Waals surface area contributed by atoms with Crippen molar-refractivity contribution < 1.29 is 0 Å². The van der Waals surface area contributed by atoms with Crippen LogP contribution in [-0.2, 0) is 0 Å². The third kappa shape index (κ3) is 2.07. The topological polar surface area (TPSA) is 24.9 Å². The minimum absolute atomic E-state index is 0.327. The lowest BCUT2D eigenvalue weighted by Gasteiger charge is -2.32. The van der Waals surface area contributed by atoms with E-state index >= 15 is 0 Å². The smallest absolute Gasteiger partial charge is 0.0754 e. The molecule has 2 heterocycles. The second-order valence-electron chi connectivity index (χ2n) is 5.84. The summed E-state index contributed by atoms with van der Waals surface area (Å²) in [5.74, 6) is 0.561. The molecule has 2 nitrogen and oxygen atoms in total. The molecule has 3 aromatic rings. The van der Waals surface area contributed by atoms with E-state index in [1.54, 1.807) is 0 Å². The highest BCUT2D eigenvalue weighted by atomic mass is 14.9. The first-order chi connectivity index (χ1) is 10.3. The second kappa shape index (κ2) is 4.88. The summed E-state index contributed by atoms with van der Waals surface area (Å²) in [4.78, 5) is 4.60. The SMILES string of the molecule is CC1CC(c2cccc3cccnc23)Nc2ccccc21. The first kappa shape index (κ1) is 12.4. The third-order valence-corrected chi connectivity index (χ3v) is 4.45. The van der Waals surface area contributed by atoms with Gasteiger partial charge in [-0.1, -0.05) is 49.4 Å². The maximum Gasteiger partial charge on any atom is 0.0754 e. The van der Waals surface area contributed by atoms with E-state index in [-0.39, 0.29) is 0 Å². The van der Waals surface area contributed by atoms with Crippen LogP contribution in [0.5, 0.6) is 0 Å². The van der Waals surface area contributed by atoms with Crippen molar-refractivity contribution in [3.63, 3.8) is 0 Å². The number of hydrogen-bond donors (Lipinski definition) is 1. The molecular weight excluding hydrogens is 256 g/mol. The Morgan fingerprint density at radius 2 is 1.76 bits per heavy atom. The molecule has 21 heavy (non-hydrogen) atoms. The quantitative estimate of drug-likeness (QED) is 0.683. The molecule has 1 aliphatic rings. The van der Waals surface area contributed by atoms with Crippen LogP contribution in [0.1, 0.15) is 36.4 Å². The number of para-hydroxylation sites is 2. The first-order valence-corrected chi connectivity index (χ1v) is 7.52. The molecule has 1 N–H and O–H groups in total. The lowest BCUT2D eigenvalue weighted by molar-refractivity contribution is 0.581. The molecule has 0 spiro atoms. The fourth-order valence-corrected chi connectivity index (χ4v) is 3.40. The van der Waals surface area contributed by atoms with Crippen molar-refractivity contribution in [3.8, 4) is 0 Å². The lowest BCUT2D eigenvalue weighted by atomic mass is 9.85. The van der Waals surface area contributed by atoms with Crippen molar-refractivity contribution >= 4 is 16.6 Å². The highest BCUT2D eigenvalue weighted by molar-refractivity contribution is 5.82. The van der Waals surface area contributed by atoms with Crippen molar-refractivity contribution in [1.29, 1.82) is 0 Å². The Hall–Kier alpha value is -2.35. The summed E-state index contributed by atoms with van der Waals surface area (Å²) in [7, 11) is 0. The number of aromatic nitrogens is 1. The predicted octanol–water partition coefficient (Wildman–Crippen LogP) is 4.90. The zero-order chi connectivity index (χ0) is 14.2. The minimum Gasteiger partial charge on any atom is -0.378 e. The number of rotatable bonds is 1. The van der Waals surface area contributed by atoms with Crippen LogP contribution in [0.15, 0.2) is 60.8 Å². The van der Waals surface area contributed by atoms with Crippen molar-refractivity contribution in [2.75, 3.05) is 5.32 Å². The molecule has 4 rings (SSSR count). The highest BCUT2D eigenvalue weighted by Gasteiger charge is 2.25. The second-order valence-corrected chi connectivity index (χ2v) is 5.84. The molecule has 0 radical (unpaired) electrons. The van der Waals surface area contributed by atoms with Gasteiger partial charge in [0.1, 0.15) is 0 Å². The van der Waals surface area contributed by atoms with Crippen molar-refractivity contribution in [3.05, 3.63) is 71.9 Å². The lowest BCUT2D eigenvalue weighted by Crippen LogP contribution is -2.20. The van der Waals surface area contributed by atoms with Gasteiger partial charge >= 0.3 is 0 Å². The van der Waals surface area contributed by atoms with Crippen molar-refractivity contribution in [2.45, 2.75) is 25.3 Å². The van der Waals surface area contributed by atoms with E-state index in [2.05, 4.69) is 65.8 Å². The maximum absolute atomic E-state index is 4.60. The molecule has 0 aliphatic carbocycles. The van der Waals surface area contributed by atoms with Crippen LogP contribution in [0.4, 0.5) is 5.69 Å². The van der Waals surface area contributed by atoms with Gasteiger partial charge in [0.05, 0.1) is 11.6 Å². The van der Waals surface area contributed by atoms with E-state index < -0.39 is 0 Å². The van der Waals surface area contributed by atoms with Crippen LogP contribution >= 0.6 is 0 Å². The number of fused-ring (bicyclic) bond motifs is 2. The number of hydrogen-bond acceptors (Lipinski definition) is 2. The summed E-state index contributed by atoms with van der Waals surface area (Å²) in [5.41, 5.74) is 5.09.